The zero-order valence-electron chi connectivity index (χ0n) is 11.6. The SMILES string of the molecule is CC(=O)c1cc(OCC2CCCCC2)ccc1[N+](=O)[O-]. The molecule has 0 aromatic heterocycles. The Hall–Kier alpha value is -1.91. The molecule has 108 valence electrons. The van der Waals surface area contributed by atoms with Crippen LogP contribution in [0.1, 0.15) is 49.4 Å². The number of nitro groups is 1. The average Bonchev–Trinajstić information content (AvgIpc) is 2.45. The van der Waals surface area contributed by atoms with Crippen molar-refractivity contribution in [1.82, 2.24) is 0 Å². The Bertz CT molecular complexity index is 507. The second-order valence-corrected chi connectivity index (χ2v) is 5.31. The summed E-state index contributed by atoms with van der Waals surface area (Å²) in [5.41, 5.74) is -0.0568. The van der Waals surface area contributed by atoms with Crippen molar-refractivity contribution in [2.45, 2.75) is 39.0 Å². The number of carbonyl (C=O) groups excluding carboxylic acids is 1. The standard InChI is InChI=1S/C15H19NO4/c1-11(17)14-9-13(7-8-15(14)16(18)19)20-10-12-5-3-2-4-6-12/h7-9,12H,2-6,10H2,1H3. The number of ether oxygens (including phenoxy) is 1. The number of carbonyl (C=O) groups is 1. The first-order chi connectivity index (χ1) is 9.58. The van der Waals surface area contributed by atoms with E-state index in [1.807, 2.05) is 0 Å². The third-order valence-electron chi connectivity index (χ3n) is 3.75. The van der Waals surface area contributed by atoms with Crippen molar-refractivity contribution >= 4 is 11.5 Å². The predicted molar refractivity (Wildman–Crippen MR) is 75.2 cm³/mol. The highest BCUT2D eigenvalue weighted by molar-refractivity contribution is 5.98. The molecule has 2 rings (SSSR count). The molecule has 1 aliphatic rings. The molecule has 1 aliphatic carbocycles. The number of benzene rings is 1. The minimum Gasteiger partial charge on any atom is -0.493 e. The molecule has 0 spiro atoms. The maximum atomic E-state index is 11.5. The molecule has 0 heterocycles. The molecule has 1 fully saturated rings. The van der Waals surface area contributed by atoms with Crippen LogP contribution in [0.2, 0.25) is 0 Å². The summed E-state index contributed by atoms with van der Waals surface area (Å²) >= 11 is 0. The summed E-state index contributed by atoms with van der Waals surface area (Å²) in [5.74, 6) is 0.769. The second-order valence-electron chi connectivity index (χ2n) is 5.31. The lowest BCUT2D eigenvalue weighted by molar-refractivity contribution is -0.385. The van der Waals surface area contributed by atoms with Gasteiger partial charge in [0.05, 0.1) is 17.1 Å². The lowest BCUT2D eigenvalue weighted by Crippen LogP contribution is -2.15. The molecule has 0 radical (unpaired) electrons. The third-order valence-corrected chi connectivity index (χ3v) is 3.75. The van der Waals surface area contributed by atoms with Crippen LogP contribution >= 0.6 is 0 Å². The van der Waals surface area contributed by atoms with Gasteiger partial charge in [0, 0.05) is 6.07 Å². The molecule has 0 atom stereocenters. The highest BCUT2D eigenvalue weighted by atomic mass is 16.6. The maximum Gasteiger partial charge on any atom is 0.280 e. The van der Waals surface area contributed by atoms with E-state index in [9.17, 15) is 14.9 Å². The smallest absolute Gasteiger partial charge is 0.280 e. The van der Waals surface area contributed by atoms with Crippen LogP contribution in [0.4, 0.5) is 5.69 Å². The van der Waals surface area contributed by atoms with E-state index in [2.05, 4.69) is 0 Å². The molecule has 0 saturated heterocycles. The Labute approximate surface area is 118 Å². The lowest BCUT2D eigenvalue weighted by atomic mass is 9.90. The van der Waals surface area contributed by atoms with Crippen molar-refractivity contribution in [2.24, 2.45) is 5.92 Å². The summed E-state index contributed by atoms with van der Waals surface area (Å²) in [6.45, 7) is 1.95. The molecule has 5 heteroatoms. The molecule has 0 unspecified atom stereocenters. The highest BCUT2D eigenvalue weighted by Crippen LogP contribution is 2.27. The predicted octanol–water partition coefficient (Wildman–Crippen LogP) is 3.76. The molecular weight excluding hydrogens is 258 g/mol. The summed E-state index contributed by atoms with van der Waals surface area (Å²) in [6.07, 6.45) is 6.13. The van der Waals surface area contributed by atoms with E-state index in [1.54, 1.807) is 6.07 Å². The molecule has 20 heavy (non-hydrogen) atoms. The molecule has 5 nitrogen and oxygen atoms in total. The summed E-state index contributed by atoms with van der Waals surface area (Å²) in [7, 11) is 0. The van der Waals surface area contributed by atoms with Crippen molar-refractivity contribution in [3.63, 3.8) is 0 Å². The van der Waals surface area contributed by atoms with Gasteiger partial charge in [0.15, 0.2) is 5.78 Å². The van der Waals surface area contributed by atoms with Crippen LogP contribution in [-0.2, 0) is 0 Å². The van der Waals surface area contributed by atoms with Gasteiger partial charge in [-0.05, 0) is 37.8 Å². The number of hydrogen-bond acceptors (Lipinski definition) is 4. The summed E-state index contributed by atoms with van der Waals surface area (Å²) in [6, 6.07) is 4.38. The van der Waals surface area contributed by atoms with Gasteiger partial charge in [0.1, 0.15) is 5.75 Å². The Kier molecular flexibility index (Phi) is 4.71. The topological polar surface area (TPSA) is 69.4 Å². The zero-order valence-corrected chi connectivity index (χ0v) is 11.6. The fourth-order valence-electron chi connectivity index (χ4n) is 2.61. The number of rotatable bonds is 5. The van der Waals surface area contributed by atoms with E-state index < -0.39 is 4.92 Å². The van der Waals surface area contributed by atoms with Gasteiger partial charge in [0.25, 0.3) is 5.69 Å². The van der Waals surface area contributed by atoms with Crippen molar-refractivity contribution in [1.29, 1.82) is 0 Å². The monoisotopic (exact) mass is 277 g/mol. The van der Waals surface area contributed by atoms with E-state index in [0.29, 0.717) is 18.3 Å². The van der Waals surface area contributed by atoms with E-state index in [0.717, 1.165) is 0 Å². The van der Waals surface area contributed by atoms with Crippen LogP contribution in [0.3, 0.4) is 0 Å². The largest absolute Gasteiger partial charge is 0.493 e. The third kappa shape index (κ3) is 3.56. The Morgan fingerprint density at radius 1 is 1.35 bits per heavy atom. The van der Waals surface area contributed by atoms with Gasteiger partial charge < -0.3 is 4.74 Å². The minimum atomic E-state index is -0.540. The Morgan fingerprint density at radius 3 is 2.65 bits per heavy atom. The van der Waals surface area contributed by atoms with Crippen molar-refractivity contribution < 1.29 is 14.5 Å². The van der Waals surface area contributed by atoms with Crippen LogP contribution in [0.5, 0.6) is 5.75 Å². The average molecular weight is 277 g/mol. The number of Topliss-reactive ketones (excluding diaryl/α,β-unsaturated/α-hetero) is 1. The van der Waals surface area contributed by atoms with Gasteiger partial charge in [-0.1, -0.05) is 19.3 Å². The van der Waals surface area contributed by atoms with Gasteiger partial charge in [-0.25, -0.2) is 0 Å². The summed E-state index contributed by atoms with van der Waals surface area (Å²) in [5, 5.41) is 10.9. The first-order valence-corrected chi connectivity index (χ1v) is 7.00. The van der Waals surface area contributed by atoms with Crippen LogP contribution < -0.4 is 4.74 Å². The summed E-state index contributed by atoms with van der Waals surface area (Å²) < 4.78 is 5.70. The maximum absolute atomic E-state index is 11.5. The van der Waals surface area contributed by atoms with Crippen molar-refractivity contribution in [3.05, 3.63) is 33.9 Å². The van der Waals surface area contributed by atoms with E-state index in [-0.39, 0.29) is 17.0 Å². The lowest BCUT2D eigenvalue weighted by Gasteiger charge is -2.21. The van der Waals surface area contributed by atoms with Crippen molar-refractivity contribution in [3.8, 4) is 5.75 Å². The molecular formula is C15H19NO4. The van der Waals surface area contributed by atoms with E-state index in [4.69, 9.17) is 4.74 Å². The first-order valence-electron chi connectivity index (χ1n) is 7.00. The van der Waals surface area contributed by atoms with Crippen LogP contribution in [0.25, 0.3) is 0 Å². The van der Waals surface area contributed by atoms with E-state index >= 15 is 0 Å². The second kappa shape index (κ2) is 6.50. The van der Waals surface area contributed by atoms with Gasteiger partial charge in [-0.3, -0.25) is 14.9 Å². The number of ketones is 1. The van der Waals surface area contributed by atoms with Gasteiger partial charge in [-0.2, -0.15) is 0 Å². The van der Waals surface area contributed by atoms with Gasteiger partial charge in [0.2, 0.25) is 0 Å². The first kappa shape index (κ1) is 14.5. The van der Waals surface area contributed by atoms with Gasteiger partial charge in [-0.15, -0.1) is 0 Å². The van der Waals surface area contributed by atoms with E-state index in [1.165, 1.54) is 51.2 Å². The van der Waals surface area contributed by atoms with Crippen LogP contribution in [0, 0.1) is 16.0 Å². The van der Waals surface area contributed by atoms with Gasteiger partial charge >= 0.3 is 0 Å². The number of nitro benzene ring substituents is 1. The van der Waals surface area contributed by atoms with Crippen LogP contribution in [-0.4, -0.2) is 17.3 Å². The minimum absolute atomic E-state index is 0.108. The summed E-state index contributed by atoms with van der Waals surface area (Å²) in [4.78, 5) is 21.8. The molecule has 0 N–H and O–H groups in total. The Morgan fingerprint density at radius 2 is 2.05 bits per heavy atom. The molecule has 1 saturated carbocycles. The normalized spacial score (nSPS) is 15.8. The number of nitrogens with zero attached hydrogens (tertiary/aromatic N) is 1. The quantitative estimate of drug-likeness (QED) is 0.467. The molecule has 0 amide bonds. The zero-order chi connectivity index (χ0) is 14.5. The highest BCUT2D eigenvalue weighted by Gasteiger charge is 2.19. The molecule has 0 bridgehead atoms. The molecule has 1 aromatic carbocycles. The molecule has 1 aromatic rings. The Balaban J connectivity index is 2.06. The fraction of sp³-hybridized carbons (Fsp3) is 0.533. The van der Waals surface area contributed by atoms with Crippen LogP contribution in [0.15, 0.2) is 18.2 Å². The fourth-order valence-corrected chi connectivity index (χ4v) is 2.61. The van der Waals surface area contributed by atoms with Crippen molar-refractivity contribution in [2.75, 3.05) is 6.61 Å². The number of hydrogen-bond donors (Lipinski definition) is 0. The molecule has 0 aliphatic heterocycles.